The van der Waals surface area contributed by atoms with Gasteiger partial charge in [0.1, 0.15) is 0 Å². The number of likely N-dealkylation sites (tertiary alicyclic amines) is 1. The van der Waals surface area contributed by atoms with Crippen LogP contribution in [0.25, 0.3) is 0 Å². The molecule has 1 aromatic rings. The molecule has 1 aliphatic heterocycles. The van der Waals surface area contributed by atoms with Gasteiger partial charge in [0.05, 0.1) is 0 Å². The summed E-state index contributed by atoms with van der Waals surface area (Å²) in [6.07, 6.45) is 7.34. The molecule has 1 heterocycles. The summed E-state index contributed by atoms with van der Waals surface area (Å²) in [4.78, 5) is 15.1. The topological polar surface area (TPSA) is 32.3 Å². The molecule has 0 radical (unpaired) electrons. The molecule has 4 heteroatoms. The molecule has 0 spiro atoms. The molecule has 1 fully saturated rings. The molecule has 1 aromatic carbocycles. The molecule has 1 amide bonds. The second kappa shape index (κ2) is 10.1. The molecule has 24 heavy (non-hydrogen) atoms. The van der Waals surface area contributed by atoms with Crippen LogP contribution in [0, 0.1) is 5.92 Å². The average molecular weight is 349 g/mol. The van der Waals surface area contributed by atoms with Gasteiger partial charge in [-0.1, -0.05) is 38.8 Å². The van der Waals surface area contributed by atoms with Crippen LogP contribution in [0.3, 0.4) is 0 Å². The van der Waals surface area contributed by atoms with Crippen molar-refractivity contribution in [1.29, 1.82) is 0 Å². The smallest absolute Gasteiger partial charge is 0.251 e. The van der Waals surface area contributed by atoms with Crippen LogP contribution in [0.4, 0.5) is 0 Å². The molecule has 0 bridgehead atoms. The zero-order valence-corrected chi connectivity index (χ0v) is 16.2. The Kier molecular flexibility index (Phi) is 8.13. The maximum Gasteiger partial charge on any atom is 0.251 e. The minimum absolute atomic E-state index is 0.0541. The highest BCUT2D eigenvalue weighted by atomic mass is 32.2. The number of rotatable bonds is 7. The van der Waals surface area contributed by atoms with E-state index < -0.39 is 0 Å². The van der Waals surface area contributed by atoms with Crippen molar-refractivity contribution in [1.82, 2.24) is 10.2 Å². The highest BCUT2D eigenvalue weighted by molar-refractivity contribution is 7.97. The number of benzene rings is 1. The van der Waals surface area contributed by atoms with E-state index in [1.54, 1.807) is 11.8 Å². The largest absolute Gasteiger partial charge is 0.350 e. The molecule has 1 unspecified atom stereocenters. The lowest BCUT2D eigenvalue weighted by Crippen LogP contribution is -2.47. The first kappa shape index (κ1) is 19.3. The van der Waals surface area contributed by atoms with Gasteiger partial charge in [0.25, 0.3) is 5.91 Å². The number of nitrogens with zero attached hydrogens (tertiary/aromatic N) is 1. The maximum absolute atomic E-state index is 12.5. The van der Waals surface area contributed by atoms with E-state index in [9.17, 15) is 4.79 Å². The summed E-state index contributed by atoms with van der Waals surface area (Å²) in [5, 5.41) is 3.18. The van der Waals surface area contributed by atoms with Gasteiger partial charge in [-0.05, 0) is 55.8 Å². The Labute approximate surface area is 151 Å². The molecular formula is C20H32N2OS. The molecule has 134 valence electrons. The van der Waals surface area contributed by atoms with Gasteiger partial charge in [0.15, 0.2) is 0 Å². The SMILES string of the molecule is CSCc1cccc(C(=O)NCC(C(C)C)N2CCCCCC2)c1. The normalized spacial score (nSPS) is 17.5. The molecule has 1 atom stereocenters. The summed E-state index contributed by atoms with van der Waals surface area (Å²) in [6, 6.07) is 8.43. The first-order chi connectivity index (χ1) is 11.6. The fourth-order valence-corrected chi connectivity index (χ4v) is 3.99. The first-order valence-corrected chi connectivity index (χ1v) is 10.6. The monoisotopic (exact) mass is 348 g/mol. The summed E-state index contributed by atoms with van der Waals surface area (Å²) in [6.45, 7) is 7.61. The lowest BCUT2D eigenvalue weighted by molar-refractivity contribution is 0.0917. The summed E-state index contributed by atoms with van der Waals surface area (Å²) < 4.78 is 0. The summed E-state index contributed by atoms with van der Waals surface area (Å²) in [5.41, 5.74) is 1.99. The molecule has 1 aliphatic rings. The summed E-state index contributed by atoms with van der Waals surface area (Å²) >= 11 is 1.78. The van der Waals surface area contributed by atoms with Crippen molar-refractivity contribution in [3.05, 3.63) is 35.4 Å². The van der Waals surface area contributed by atoms with E-state index in [0.717, 1.165) is 17.9 Å². The quantitative estimate of drug-likeness (QED) is 0.802. The molecule has 1 N–H and O–H groups in total. The van der Waals surface area contributed by atoms with Crippen molar-refractivity contribution in [3.63, 3.8) is 0 Å². The lowest BCUT2D eigenvalue weighted by Gasteiger charge is -2.33. The third kappa shape index (κ3) is 5.82. The first-order valence-electron chi connectivity index (χ1n) is 9.22. The third-order valence-corrected chi connectivity index (χ3v) is 5.47. The fraction of sp³-hybridized carbons (Fsp3) is 0.650. The van der Waals surface area contributed by atoms with Gasteiger partial charge in [0.2, 0.25) is 0 Å². The Hall–Kier alpha value is -1.00. The van der Waals surface area contributed by atoms with Gasteiger partial charge in [-0.15, -0.1) is 0 Å². The lowest BCUT2D eigenvalue weighted by atomic mass is 10.0. The molecule has 0 saturated carbocycles. The van der Waals surface area contributed by atoms with E-state index in [1.165, 1.54) is 44.3 Å². The van der Waals surface area contributed by atoms with Crippen molar-refractivity contribution in [2.75, 3.05) is 25.9 Å². The second-order valence-corrected chi connectivity index (χ2v) is 7.97. The van der Waals surface area contributed by atoms with E-state index >= 15 is 0 Å². The van der Waals surface area contributed by atoms with Crippen LogP contribution >= 0.6 is 11.8 Å². The number of carbonyl (C=O) groups excluding carboxylic acids is 1. The standard InChI is InChI=1S/C20H32N2OS/c1-16(2)19(22-11-6-4-5-7-12-22)14-21-20(23)18-10-8-9-17(13-18)15-24-3/h8-10,13,16,19H,4-7,11-12,14-15H2,1-3H3,(H,21,23). The molecule has 0 aromatic heterocycles. The summed E-state index contributed by atoms with van der Waals surface area (Å²) in [5.74, 6) is 1.55. The third-order valence-electron chi connectivity index (χ3n) is 4.85. The average Bonchev–Trinajstić information content (AvgIpc) is 2.84. The predicted octanol–water partition coefficient (Wildman–Crippen LogP) is 4.18. The molecule has 1 saturated heterocycles. The molecule has 0 aliphatic carbocycles. The van der Waals surface area contributed by atoms with Crippen LogP contribution in [0.15, 0.2) is 24.3 Å². The maximum atomic E-state index is 12.5. The van der Waals surface area contributed by atoms with Crippen molar-refractivity contribution in [3.8, 4) is 0 Å². The number of nitrogens with one attached hydrogen (secondary N) is 1. The van der Waals surface area contributed by atoms with Gasteiger partial charge in [-0.2, -0.15) is 11.8 Å². The van der Waals surface area contributed by atoms with Gasteiger partial charge in [-0.25, -0.2) is 0 Å². The van der Waals surface area contributed by atoms with Crippen LogP contribution < -0.4 is 5.32 Å². The minimum atomic E-state index is 0.0541. The van der Waals surface area contributed by atoms with E-state index in [2.05, 4.69) is 36.4 Å². The van der Waals surface area contributed by atoms with Crippen LogP contribution in [-0.2, 0) is 5.75 Å². The number of hydrogen-bond donors (Lipinski definition) is 1. The van der Waals surface area contributed by atoms with Gasteiger partial charge in [-0.3, -0.25) is 9.69 Å². The number of hydrogen-bond acceptors (Lipinski definition) is 3. The van der Waals surface area contributed by atoms with E-state index in [0.29, 0.717) is 12.0 Å². The Bertz CT molecular complexity index is 510. The van der Waals surface area contributed by atoms with Crippen LogP contribution in [0.1, 0.15) is 55.5 Å². The van der Waals surface area contributed by atoms with Crippen molar-refractivity contribution >= 4 is 17.7 Å². The van der Waals surface area contributed by atoms with E-state index in [-0.39, 0.29) is 5.91 Å². The zero-order valence-electron chi connectivity index (χ0n) is 15.4. The van der Waals surface area contributed by atoms with Crippen LogP contribution in [-0.4, -0.2) is 42.7 Å². The molecular weight excluding hydrogens is 316 g/mol. The highest BCUT2D eigenvalue weighted by Gasteiger charge is 2.23. The van der Waals surface area contributed by atoms with Crippen molar-refractivity contribution in [2.24, 2.45) is 5.92 Å². The number of thioether (sulfide) groups is 1. The Morgan fingerprint density at radius 3 is 2.54 bits per heavy atom. The van der Waals surface area contributed by atoms with E-state index in [4.69, 9.17) is 0 Å². The van der Waals surface area contributed by atoms with Crippen molar-refractivity contribution in [2.45, 2.75) is 51.3 Å². The van der Waals surface area contributed by atoms with Crippen molar-refractivity contribution < 1.29 is 4.79 Å². The number of amides is 1. The van der Waals surface area contributed by atoms with Crippen LogP contribution in [0.2, 0.25) is 0 Å². The molecule has 2 rings (SSSR count). The van der Waals surface area contributed by atoms with Crippen LogP contribution in [0.5, 0.6) is 0 Å². The highest BCUT2D eigenvalue weighted by Crippen LogP contribution is 2.17. The van der Waals surface area contributed by atoms with Gasteiger partial charge < -0.3 is 5.32 Å². The zero-order chi connectivity index (χ0) is 17.4. The Morgan fingerprint density at radius 2 is 1.92 bits per heavy atom. The Morgan fingerprint density at radius 1 is 1.21 bits per heavy atom. The second-order valence-electron chi connectivity index (χ2n) is 7.10. The number of carbonyl (C=O) groups is 1. The van der Waals surface area contributed by atoms with E-state index in [1.807, 2.05) is 18.2 Å². The molecule has 3 nitrogen and oxygen atoms in total. The predicted molar refractivity (Wildman–Crippen MR) is 105 cm³/mol. The van der Waals surface area contributed by atoms with Gasteiger partial charge >= 0.3 is 0 Å². The minimum Gasteiger partial charge on any atom is -0.350 e. The fourth-order valence-electron chi connectivity index (χ4n) is 3.48. The Balaban J connectivity index is 1.95. The van der Waals surface area contributed by atoms with Gasteiger partial charge in [0, 0.05) is 23.9 Å². The summed E-state index contributed by atoms with van der Waals surface area (Å²) in [7, 11) is 0.